The summed E-state index contributed by atoms with van der Waals surface area (Å²) >= 11 is 1.79. The zero-order valence-corrected chi connectivity index (χ0v) is 10.7. The van der Waals surface area contributed by atoms with E-state index in [0.29, 0.717) is 0 Å². The molecule has 0 radical (unpaired) electrons. The van der Waals surface area contributed by atoms with Crippen LogP contribution in [0.1, 0.15) is 19.4 Å². The first-order valence-electron chi connectivity index (χ1n) is 5.48. The molecular weight excluding hydrogens is 216 g/mol. The smallest absolute Gasteiger partial charge is 0.113 e. The number of benzene rings is 1. The molecule has 0 fully saturated rings. The van der Waals surface area contributed by atoms with Crippen LogP contribution in [0.5, 0.6) is 0 Å². The monoisotopic (exact) mass is 234 g/mol. The topological polar surface area (TPSA) is 35.8 Å². The number of nitriles is 1. The molecule has 0 saturated heterocycles. The van der Waals surface area contributed by atoms with Crippen LogP contribution >= 0.6 is 11.8 Å². The molecule has 1 N–H and O–H groups in total. The van der Waals surface area contributed by atoms with Gasteiger partial charge >= 0.3 is 0 Å². The van der Waals surface area contributed by atoms with E-state index >= 15 is 0 Å². The molecule has 2 nitrogen and oxygen atoms in total. The quantitative estimate of drug-likeness (QED) is 0.822. The third kappa shape index (κ3) is 4.26. The summed E-state index contributed by atoms with van der Waals surface area (Å²) in [6.07, 6.45) is 0. The average Bonchev–Trinajstić information content (AvgIpc) is 2.31. The van der Waals surface area contributed by atoms with Gasteiger partial charge in [0.05, 0.1) is 6.07 Å². The molecule has 0 amide bonds. The van der Waals surface area contributed by atoms with E-state index in [1.165, 1.54) is 5.56 Å². The number of nitrogens with zero attached hydrogens (tertiary/aromatic N) is 1. The van der Waals surface area contributed by atoms with E-state index in [1.807, 2.05) is 32.0 Å². The van der Waals surface area contributed by atoms with Gasteiger partial charge in [0.2, 0.25) is 0 Å². The second kappa shape index (κ2) is 6.57. The highest BCUT2D eigenvalue weighted by molar-refractivity contribution is 7.98. The Balaban J connectivity index is 2.38. The molecule has 0 bridgehead atoms. The summed E-state index contributed by atoms with van der Waals surface area (Å²) in [5, 5.41) is 12.3. The van der Waals surface area contributed by atoms with Crippen LogP contribution in [0.4, 0.5) is 0 Å². The maximum absolute atomic E-state index is 9.09. The van der Waals surface area contributed by atoms with Gasteiger partial charge in [-0.25, -0.2) is 0 Å². The predicted octanol–water partition coefficient (Wildman–Crippen LogP) is 2.81. The van der Waals surface area contributed by atoms with Crippen molar-refractivity contribution in [2.75, 3.05) is 12.3 Å². The maximum Gasteiger partial charge on any atom is 0.113 e. The fourth-order valence-corrected chi connectivity index (χ4v) is 2.57. The lowest BCUT2D eigenvalue weighted by Crippen LogP contribution is -2.43. The van der Waals surface area contributed by atoms with Crippen molar-refractivity contribution in [3.8, 4) is 6.07 Å². The largest absolute Gasteiger partial charge is 0.299 e. The molecule has 1 atom stereocenters. The van der Waals surface area contributed by atoms with Crippen LogP contribution in [-0.2, 0) is 5.75 Å². The lowest BCUT2D eigenvalue weighted by atomic mass is 10.1. The second-order valence-electron chi connectivity index (χ2n) is 3.95. The van der Waals surface area contributed by atoms with Crippen LogP contribution in [0.15, 0.2) is 30.3 Å². The van der Waals surface area contributed by atoms with Crippen molar-refractivity contribution in [2.24, 2.45) is 0 Å². The predicted molar refractivity (Wildman–Crippen MR) is 70.3 cm³/mol. The van der Waals surface area contributed by atoms with E-state index in [2.05, 4.69) is 23.5 Å². The summed E-state index contributed by atoms with van der Waals surface area (Å²) < 4.78 is 0. The fraction of sp³-hybridized carbons (Fsp3) is 0.462. The molecule has 1 aromatic rings. The summed E-state index contributed by atoms with van der Waals surface area (Å²) in [6.45, 7) is 4.81. The van der Waals surface area contributed by atoms with Crippen molar-refractivity contribution < 1.29 is 0 Å². The Labute approximate surface area is 102 Å². The third-order valence-electron chi connectivity index (χ3n) is 2.32. The van der Waals surface area contributed by atoms with Gasteiger partial charge in [-0.2, -0.15) is 17.0 Å². The lowest BCUT2D eigenvalue weighted by molar-refractivity contribution is 0.511. The molecule has 1 unspecified atom stereocenters. The number of thioether (sulfide) groups is 1. The van der Waals surface area contributed by atoms with Gasteiger partial charge in [0.25, 0.3) is 0 Å². The number of nitrogens with one attached hydrogen (secondary N) is 1. The zero-order valence-electron chi connectivity index (χ0n) is 9.86. The Kier molecular flexibility index (Phi) is 5.37. The van der Waals surface area contributed by atoms with Crippen LogP contribution in [0.3, 0.4) is 0 Å². The van der Waals surface area contributed by atoms with Crippen LogP contribution in [0.2, 0.25) is 0 Å². The summed E-state index contributed by atoms with van der Waals surface area (Å²) in [5.41, 5.74) is 0.901. The van der Waals surface area contributed by atoms with Crippen LogP contribution in [0.25, 0.3) is 0 Å². The Bertz CT molecular complexity index is 345. The van der Waals surface area contributed by atoms with Crippen LogP contribution < -0.4 is 5.32 Å². The molecule has 1 rings (SSSR count). The van der Waals surface area contributed by atoms with E-state index in [1.54, 1.807) is 11.8 Å². The standard InChI is InChI=1S/C13H18N2S/c1-3-15-13(2,10-14)11-16-9-12-7-5-4-6-8-12/h4-8,15H,3,9,11H2,1-2H3. The molecule has 0 aliphatic carbocycles. The molecular formula is C13H18N2S. The van der Waals surface area contributed by atoms with Gasteiger partial charge in [-0.3, -0.25) is 5.32 Å². The van der Waals surface area contributed by atoms with E-state index in [9.17, 15) is 0 Å². The Morgan fingerprint density at radius 1 is 1.38 bits per heavy atom. The fourth-order valence-electron chi connectivity index (χ4n) is 1.46. The minimum atomic E-state index is -0.409. The van der Waals surface area contributed by atoms with Gasteiger partial charge in [-0.05, 0) is 19.0 Å². The molecule has 0 aliphatic heterocycles. The Hall–Kier alpha value is -0.980. The first-order chi connectivity index (χ1) is 7.70. The van der Waals surface area contributed by atoms with E-state index < -0.39 is 5.54 Å². The van der Waals surface area contributed by atoms with Crippen molar-refractivity contribution in [3.63, 3.8) is 0 Å². The molecule has 0 aliphatic rings. The molecule has 0 saturated carbocycles. The van der Waals surface area contributed by atoms with Gasteiger partial charge < -0.3 is 0 Å². The number of hydrogen-bond acceptors (Lipinski definition) is 3. The normalized spacial score (nSPS) is 14.1. The van der Waals surface area contributed by atoms with E-state index in [4.69, 9.17) is 5.26 Å². The Morgan fingerprint density at radius 3 is 2.62 bits per heavy atom. The summed E-state index contributed by atoms with van der Waals surface area (Å²) in [4.78, 5) is 0. The third-order valence-corrected chi connectivity index (χ3v) is 3.63. The highest BCUT2D eigenvalue weighted by Gasteiger charge is 2.21. The first kappa shape index (κ1) is 13.1. The van der Waals surface area contributed by atoms with Gasteiger partial charge in [-0.1, -0.05) is 37.3 Å². The van der Waals surface area contributed by atoms with Crippen molar-refractivity contribution in [1.29, 1.82) is 5.26 Å². The summed E-state index contributed by atoms with van der Waals surface area (Å²) in [7, 11) is 0. The van der Waals surface area contributed by atoms with Crippen LogP contribution in [0, 0.1) is 11.3 Å². The average molecular weight is 234 g/mol. The van der Waals surface area contributed by atoms with Gasteiger partial charge in [-0.15, -0.1) is 0 Å². The lowest BCUT2D eigenvalue weighted by Gasteiger charge is -2.21. The number of rotatable bonds is 6. The van der Waals surface area contributed by atoms with Gasteiger partial charge in [0.1, 0.15) is 5.54 Å². The van der Waals surface area contributed by atoms with Crippen molar-refractivity contribution in [1.82, 2.24) is 5.32 Å². The minimum absolute atomic E-state index is 0.409. The molecule has 1 aromatic carbocycles. The molecule has 0 spiro atoms. The van der Waals surface area contributed by atoms with Crippen molar-refractivity contribution in [3.05, 3.63) is 35.9 Å². The number of hydrogen-bond donors (Lipinski definition) is 1. The van der Waals surface area contributed by atoms with Gasteiger partial charge in [0.15, 0.2) is 0 Å². The molecule has 0 aromatic heterocycles. The minimum Gasteiger partial charge on any atom is -0.299 e. The molecule has 3 heteroatoms. The highest BCUT2D eigenvalue weighted by atomic mass is 32.2. The summed E-state index contributed by atoms with van der Waals surface area (Å²) in [6, 6.07) is 12.7. The Morgan fingerprint density at radius 2 is 2.06 bits per heavy atom. The molecule has 0 heterocycles. The molecule has 16 heavy (non-hydrogen) atoms. The highest BCUT2D eigenvalue weighted by Crippen LogP contribution is 2.17. The first-order valence-corrected chi connectivity index (χ1v) is 6.63. The summed E-state index contributed by atoms with van der Waals surface area (Å²) in [5.74, 6) is 1.77. The molecule has 86 valence electrons. The SMILES string of the molecule is CCNC(C)(C#N)CSCc1ccccc1. The van der Waals surface area contributed by atoms with Gasteiger partial charge in [0, 0.05) is 11.5 Å². The van der Waals surface area contributed by atoms with Crippen molar-refractivity contribution >= 4 is 11.8 Å². The zero-order chi connectivity index (χ0) is 11.9. The second-order valence-corrected chi connectivity index (χ2v) is 4.94. The van der Waals surface area contributed by atoms with Crippen LogP contribution in [-0.4, -0.2) is 17.8 Å². The van der Waals surface area contributed by atoms with Crippen molar-refractivity contribution in [2.45, 2.75) is 25.1 Å². The maximum atomic E-state index is 9.09. The van der Waals surface area contributed by atoms with E-state index in [0.717, 1.165) is 18.1 Å². The van der Waals surface area contributed by atoms with E-state index in [-0.39, 0.29) is 0 Å².